The molecule has 3 nitrogen and oxygen atoms in total. The Balaban J connectivity index is 1.87. The number of aryl methyl sites for hydroxylation is 1. The number of fused-ring (bicyclic) bond motifs is 1. The van der Waals surface area contributed by atoms with Crippen molar-refractivity contribution in [3.8, 4) is 5.75 Å². The van der Waals surface area contributed by atoms with E-state index in [1.165, 1.54) is 5.56 Å². The summed E-state index contributed by atoms with van der Waals surface area (Å²) in [7, 11) is 0. The molecule has 0 radical (unpaired) electrons. The number of rotatable bonds is 2. The topological polar surface area (TPSA) is 34.4 Å². The summed E-state index contributed by atoms with van der Waals surface area (Å²) in [6, 6.07) is 6.05. The molecule has 0 aliphatic carbocycles. The van der Waals surface area contributed by atoms with Crippen LogP contribution in [-0.4, -0.2) is 19.2 Å². The Labute approximate surface area is 94.4 Å². The Hall–Kier alpha value is -1.48. The molecule has 1 N–H and O–H groups in total. The minimum atomic E-state index is 0.300. The van der Waals surface area contributed by atoms with E-state index in [4.69, 9.17) is 9.15 Å². The van der Waals surface area contributed by atoms with Crippen molar-refractivity contribution in [2.24, 2.45) is 0 Å². The summed E-state index contributed by atoms with van der Waals surface area (Å²) in [5.41, 5.74) is 2.07. The van der Waals surface area contributed by atoms with Crippen molar-refractivity contribution in [1.82, 2.24) is 5.32 Å². The summed E-state index contributed by atoms with van der Waals surface area (Å²) in [4.78, 5) is 0. The van der Waals surface area contributed by atoms with Crippen LogP contribution >= 0.6 is 0 Å². The lowest BCUT2D eigenvalue weighted by Crippen LogP contribution is -2.19. The van der Waals surface area contributed by atoms with Crippen LogP contribution in [0, 0.1) is 6.92 Å². The van der Waals surface area contributed by atoms with Crippen molar-refractivity contribution in [2.45, 2.75) is 19.4 Å². The van der Waals surface area contributed by atoms with Crippen LogP contribution < -0.4 is 10.1 Å². The predicted octanol–water partition coefficient (Wildman–Crippen LogP) is 2.48. The van der Waals surface area contributed by atoms with Gasteiger partial charge in [0.2, 0.25) is 0 Å². The van der Waals surface area contributed by atoms with Crippen molar-refractivity contribution in [2.75, 3.05) is 13.1 Å². The second-order valence-electron chi connectivity index (χ2n) is 4.31. The third kappa shape index (κ3) is 1.67. The number of hydrogen-bond donors (Lipinski definition) is 1. The lowest BCUT2D eigenvalue weighted by atomic mass is 10.2. The summed E-state index contributed by atoms with van der Waals surface area (Å²) >= 11 is 0. The lowest BCUT2D eigenvalue weighted by Gasteiger charge is -2.11. The van der Waals surface area contributed by atoms with Crippen LogP contribution in [-0.2, 0) is 0 Å². The number of ether oxygens (including phenoxy) is 1. The highest BCUT2D eigenvalue weighted by atomic mass is 16.5. The molecule has 2 aromatic rings. The molecule has 0 saturated carbocycles. The van der Waals surface area contributed by atoms with Crippen LogP contribution in [0.5, 0.6) is 5.75 Å². The van der Waals surface area contributed by atoms with Crippen LogP contribution in [0.25, 0.3) is 11.0 Å². The van der Waals surface area contributed by atoms with E-state index in [9.17, 15) is 0 Å². The Morgan fingerprint density at radius 1 is 1.44 bits per heavy atom. The van der Waals surface area contributed by atoms with E-state index >= 15 is 0 Å². The zero-order chi connectivity index (χ0) is 11.0. The highest BCUT2D eigenvalue weighted by Gasteiger charge is 2.16. The van der Waals surface area contributed by atoms with Crippen LogP contribution in [0.2, 0.25) is 0 Å². The van der Waals surface area contributed by atoms with Gasteiger partial charge in [-0.3, -0.25) is 0 Å². The summed E-state index contributed by atoms with van der Waals surface area (Å²) in [6.45, 7) is 4.04. The second kappa shape index (κ2) is 3.83. The highest BCUT2D eigenvalue weighted by Crippen LogP contribution is 2.26. The third-order valence-electron chi connectivity index (χ3n) is 3.06. The maximum absolute atomic E-state index is 5.87. The second-order valence-corrected chi connectivity index (χ2v) is 4.31. The Morgan fingerprint density at radius 3 is 3.19 bits per heavy atom. The molecule has 1 aliphatic heterocycles. The van der Waals surface area contributed by atoms with Gasteiger partial charge in [0.25, 0.3) is 0 Å². The number of nitrogens with one attached hydrogen (secondary N) is 1. The smallest absolute Gasteiger partial charge is 0.137 e. The molecule has 1 unspecified atom stereocenters. The Bertz CT molecular complexity index is 498. The molecule has 1 aromatic heterocycles. The highest BCUT2D eigenvalue weighted by molar-refractivity contribution is 5.82. The molecule has 0 spiro atoms. The van der Waals surface area contributed by atoms with Gasteiger partial charge < -0.3 is 14.5 Å². The van der Waals surface area contributed by atoms with Crippen LogP contribution in [0.1, 0.15) is 12.0 Å². The van der Waals surface area contributed by atoms with Crippen molar-refractivity contribution in [3.05, 3.63) is 30.0 Å². The first-order chi connectivity index (χ1) is 7.83. The molecule has 1 fully saturated rings. The first-order valence-electron chi connectivity index (χ1n) is 5.68. The van der Waals surface area contributed by atoms with Gasteiger partial charge in [-0.1, -0.05) is 0 Å². The van der Waals surface area contributed by atoms with E-state index in [-0.39, 0.29) is 0 Å². The molecule has 1 atom stereocenters. The summed E-state index contributed by atoms with van der Waals surface area (Å²) in [5.74, 6) is 0.899. The standard InChI is InChI=1S/C13H15NO2/c1-9-8-15-13-6-10(2-3-12(9)13)16-11-4-5-14-7-11/h2-3,6,8,11,14H,4-5,7H2,1H3. The fourth-order valence-corrected chi connectivity index (χ4v) is 2.14. The van der Waals surface area contributed by atoms with Gasteiger partial charge in [-0.25, -0.2) is 0 Å². The van der Waals surface area contributed by atoms with Crippen molar-refractivity contribution >= 4 is 11.0 Å². The molecule has 3 heteroatoms. The molecule has 0 bridgehead atoms. The lowest BCUT2D eigenvalue weighted by molar-refractivity contribution is 0.223. The van der Waals surface area contributed by atoms with Gasteiger partial charge in [0.05, 0.1) is 6.26 Å². The van der Waals surface area contributed by atoms with Gasteiger partial charge >= 0.3 is 0 Å². The normalized spacial score (nSPS) is 20.4. The third-order valence-corrected chi connectivity index (χ3v) is 3.06. The van der Waals surface area contributed by atoms with Gasteiger partial charge in [0.15, 0.2) is 0 Å². The first-order valence-corrected chi connectivity index (χ1v) is 5.68. The molecule has 16 heavy (non-hydrogen) atoms. The molecular formula is C13H15NO2. The average Bonchev–Trinajstić information content (AvgIpc) is 2.90. The Morgan fingerprint density at radius 2 is 2.38 bits per heavy atom. The molecule has 2 heterocycles. The zero-order valence-corrected chi connectivity index (χ0v) is 9.32. The van der Waals surface area contributed by atoms with Crippen molar-refractivity contribution < 1.29 is 9.15 Å². The van der Waals surface area contributed by atoms with Gasteiger partial charge in [0, 0.05) is 18.0 Å². The number of benzene rings is 1. The van der Waals surface area contributed by atoms with Gasteiger partial charge in [0.1, 0.15) is 17.4 Å². The van der Waals surface area contributed by atoms with E-state index in [1.54, 1.807) is 6.26 Å². The molecule has 84 valence electrons. The molecule has 0 amide bonds. The zero-order valence-electron chi connectivity index (χ0n) is 9.32. The van der Waals surface area contributed by atoms with E-state index < -0.39 is 0 Å². The predicted molar refractivity (Wildman–Crippen MR) is 62.9 cm³/mol. The summed E-state index contributed by atoms with van der Waals surface area (Å²) in [5, 5.41) is 4.45. The average molecular weight is 217 g/mol. The minimum Gasteiger partial charge on any atom is -0.489 e. The summed E-state index contributed by atoms with van der Waals surface area (Å²) in [6.07, 6.45) is 3.16. The van der Waals surface area contributed by atoms with E-state index in [0.29, 0.717) is 6.10 Å². The minimum absolute atomic E-state index is 0.300. The first kappa shape index (κ1) is 9.73. The van der Waals surface area contributed by atoms with Gasteiger partial charge in [-0.05, 0) is 37.6 Å². The van der Waals surface area contributed by atoms with Crippen LogP contribution in [0.4, 0.5) is 0 Å². The van der Waals surface area contributed by atoms with Gasteiger partial charge in [-0.15, -0.1) is 0 Å². The molecule has 3 rings (SSSR count). The fraction of sp³-hybridized carbons (Fsp3) is 0.385. The van der Waals surface area contributed by atoms with E-state index in [1.807, 2.05) is 19.1 Å². The largest absolute Gasteiger partial charge is 0.489 e. The van der Waals surface area contributed by atoms with E-state index in [2.05, 4.69) is 11.4 Å². The summed E-state index contributed by atoms with van der Waals surface area (Å²) < 4.78 is 11.3. The molecular weight excluding hydrogens is 202 g/mol. The molecule has 1 aliphatic rings. The van der Waals surface area contributed by atoms with Gasteiger partial charge in [-0.2, -0.15) is 0 Å². The van der Waals surface area contributed by atoms with Crippen LogP contribution in [0.3, 0.4) is 0 Å². The fourth-order valence-electron chi connectivity index (χ4n) is 2.14. The molecule has 1 aromatic carbocycles. The molecule has 1 saturated heterocycles. The maximum Gasteiger partial charge on any atom is 0.137 e. The quantitative estimate of drug-likeness (QED) is 0.839. The monoisotopic (exact) mass is 217 g/mol. The Kier molecular flexibility index (Phi) is 2.33. The van der Waals surface area contributed by atoms with Crippen molar-refractivity contribution in [3.63, 3.8) is 0 Å². The van der Waals surface area contributed by atoms with Crippen LogP contribution in [0.15, 0.2) is 28.9 Å². The van der Waals surface area contributed by atoms with Crippen molar-refractivity contribution in [1.29, 1.82) is 0 Å². The number of furan rings is 1. The SMILES string of the molecule is Cc1coc2cc(OC3CCNC3)ccc12. The maximum atomic E-state index is 5.87. The van der Waals surface area contributed by atoms with E-state index in [0.717, 1.165) is 36.2 Å². The number of hydrogen-bond acceptors (Lipinski definition) is 3.